The van der Waals surface area contributed by atoms with Gasteiger partial charge in [0.15, 0.2) is 0 Å². The largest absolute Gasteiger partial charge is 0.488 e. The van der Waals surface area contributed by atoms with Gasteiger partial charge in [0.2, 0.25) is 0 Å². The highest BCUT2D eigenvalue weighted by molar-refractivity contribution is 5.43. The minimum absolute atomic E-state index is 0.410. The number of aryl methyl sites for hydroxylation is 1. The van der Waals surface area contributed by atoms with Crippen molar-refractivity contribution in [1.82, 2.24) is 4.98 Å². The van der Waals surface area contributed by atoms with E-state index < -0.39 is 0 Å². The third kappa shape index (κ3) is 1.49. The first-order valence-electron chi connectivity index (χ1n) is 4.14. The number of nitrogen functional groups attached to an aromatic ring is 1. The quantitative estimate of drug-likeness (QED) is 0.720. The molecule has 3 heteroatoms. The molecule has 1 saturated carbocycles. The van der Waals surface area contributed by atoms with Crippen LogP contribution in [0.15, 0.2) is 12.3 Å². The van der Waals surface area contributed by atoms with E-state index in [1.54, 1.807) is 6.20 Å². The number of rotatable bonds is 2. The third-order valence-corrected chi connectivity index (χ3v) is 1.88. The number of ether oxygens (including phenoxy) is 1. The van der Waals surface area contributed by atoms with Crippen LogP contribution in [0.2, 0.25) is 0 Å². The normalized spacial score (nSPS) is 16.1. The van der Waals surface area contributed by atoms with Crippen molar-refractivity contribution in [2.24, 2.45) is 0 Å². The lowest BCUT2D eigenvalue weighted by Gasteiger charge is -2.06. The zero-order valence-electron chi connectivity index (χ0n) is 7.08. The lowest BCUT2D eigenvalue weighted by molar-refractivity contribution is 0.300. The molecular weight excluding hydrogens is 152 g/mol. The highest BCUT2D eigenvalue weighted by atomic mass is 16.5. The molecule has 0 aliphatic heterocycles. The number of aromatic nitrogens is 1. The molecule has 0 amide bonds. The van der Waals surface area contributed by atoms with Crippen LogP contribution in [-0.4, -0.2) is 11.1 Å². The Labute approximate surface area is 71.6 Å². The first-order chi connectivity index (χ1) is 5.75. The molecule has 1 heterocycles. The number of hydrogen-bond donors (Lipinski definition) is 1. The summed E-state index contributed by atoms with van der Waals surface area (Å²) in [6.07, 6.45) is 4.38. The maximum absolute atomic E-state index is 5.59. The molecule has 1 fully saturated rings. The van der Waals surface area contributed by atoms with Crippen molar-refractivity contribution in [1.29, 1.82) is 0 Å². The molecule has 0 atom stereocenters. The van der Waals surface area contributed by atoms with Gasteiger partial charge in [0.25, 0.3) is 0 Å². The summed E-state index contributed by atoms with van der Waals surface area (Å²) in [6, 6.07) is 1.83. The molecule has 1 aromatic rings. The van der Waals surface area contributed by atoms with Gasteiger partial charge in [0.1, 0.15) is 5.75 Å². The van der Waals surface area contributed by atoms with Crippen molar-refractivity contribution >= 4 is 5.69 Å². The van der Waals surface area contributed by atoms with Gasteiger partial charge >= 0.3 is 0 Å². The van der Waals surface area contributed by atoms with E-state index >= 15 is 0 Å². The Morgan fingerprint density at radius 3 is 3.00 bits per heavy atom. The molecule has 1 aliphatic carbocycles. The van der Waals surface area contributed by atoms with E-state index in [1.807, 2.05) is 13.0 Å². The third-order valence-electron chi connectivity index (χ3n) is 1.88. The molecule has 1 aromatic heterocycles. The number of nitrogens with zero attached hydrogens (tertiary/aromatic N) is 1. The second-order valence-corrected chi connectivity index (χ2v) is 3.17. The summed E-state index contributed by atoms with van der Waals surface area (Å²) in [7, 11) is 0. The smallest absolute Gasteiger partial charge is 0.142 e. The van der Waals surface area contributed by atoms with Crippen LogP contribution >= 0.6 is 0 Å². The van der Waals surface area contributed by atoms with Gasteiger partial charge in [-0.15, -0.1) is 0 Å². The van der Waals surface area contributed by atoms with Gasteiger partial charge in [-0.2, -0.15) is 0 Å². The summed E-state index contributed by atoms with van der Waals surface area (Å²) in [5.41, 5.74) is 7.16. The lowest BCUT2D eigenvalue weighted by Crippen LogP contribution is -2.00. The van der Waals surface area contributed by atoms with Crippen LogP contribution in [0, 0.1) is 6.92 Å². The van der Waals surface area contributed by atoms with Gasteiger partial charge in [0.05, 0.1) is 23.7 Å². The molecule has 3 nitrogen and oxygen atoms in total. The number of nitrogens with two attached hydrogens (primary N) is 1. The molecule has 0 unspecified atom stereocenters. The topological polar surface area (TPSA) is 48.1 Å². The predicted octanol–water partition coefficient (Wildman–Crippen LogP) is 1.51. The van der Waals surface area contributed by atoms with Crippen molar-refractivity contribution in [3.63, 3.8) is 0 Å². The molecule has 12 heavy (non-hydrogen) atoms. The van der Waals surface area contributed by atoms with Gasteiger partial charge < -0.3 is 10.5 Å². The lowest BCUT2D eigenvalue weighted by atomic mass is 10.3. The van der Waals surface area contributed by atoms with Crippen molar-refractivity contribution in [2.75, 3.05) is 5.73 Å². The van der Waals surface area contributed by atoms with E-state index in [1.165, 1.54) is 0 Å². The predicted molar refractivity (Wildman–Crippen MR) is 47.0 cm³/mol. The van der Waals surface area contributed by atoms with Crippen LogP contribution in [0.4, 0.5) is 5.69 Å². The number of anilines is 1. The first kappa shape index (κ1) is 7.40. The zero-order valence-corrected chi connectivity index (χ0v) is 7.08. The summed E-state index contributed by atoms with van der Waals surface area (Å²) in [5.74, 6) is 0.831. The maximum atomic E-state index is 5.59. The van der Waals surface area contributed by atoms with Crippen molar-refractivity contribution in [2.45, 2.75) is 25.9 Å². The molecule has 0 bridgehead atoms. The molecule has 2 N–H and O–H groups in total. The number of hydrogen-bond acceptors (Lipinski definition) is 3. The monoisotopic (exact) mass is 164 g/mol. The van der Waals surface area contributed by atoms with Gasteiger partial charge in [-0.1, -0.05) is 0 Å². The fourth-order valence-electron chi connectivity index (χ4n) is 1.01. The van der Waals surface area contributed by atoms with E-state index in [4.69, 9.17) is 10.5 Å². The SMILES string of the molecule is Cc1ncc(N)cc1OC1CC1. The molecule has 0 aromatic carbocycles. The van der Waals surface area contributed by atoms with Gasteiger partial charge in [-0.3, -0.25) is 4.98 Å². The van der Waals surface area contributed by atoms with Crippen LogP contribution in [0.1, 0.15) is 18.5 Å². The van der Waals surface area contributed by atoms with Gasteiger partial charge in [-0.25, -0.2) is 0 Å². The van der Waals surface area contributed by atoms with Crippen molar-refractivity contribution < 1.29 is 4.74 Å². The zero-order chi connectivity index (χ0) is 8.55. The Hall–Kier alpha value is -1.25. The first-order valence-corrected chi connectivity index (χ1v) is 4.14. The number of pyridine rings is 1. The average molecular weight is 164 g/mol. The highest BCUT2D eigenvalue weighted by Crippen LogP contribution is 2.28. The Bertz CT molecular complexity index is 295. The van der Waals surface area contributed by atoms with Gasteiger partial charge in [-0.05, 0) is 19.8 Å². The molecule has 0 radical (unpaired) electrons. The minimum Gasteiger partial charge on any atom is -0.488 e. The van der Waals surface area contributed by atoms with Crippen molar-refractivity contribution in [3.8, 4) is 5.75 Å². The van der Waals surface area contributed by atoms with E-state index in [2.05, 4.69) is 4.98 Å². The molecule has 0 spiro atoms. The molecule has 1 aliphatic rings. The van der Waals surface area contributed by atoms with Crippen LogP contribution in [0.25, 0.3) is 0 Å². The average Bonchev–Trinajstić information content (AvgIpc) is 2.81. The fraction of sp³-hybridized carbons (Fsp3) is 0.444. The Morgan fingerprint density at radius 1 is 1.58 bits per heavy atom. The molecule has 0 saturated heterocycles. The van der Waals surface area contributed by atoms with Crippen molar-refractivity contribution in [3.05, 3.63) is 18.0 Å². The van der Waals surface area contributed by atoms with Crippen LogP contribution in [0.3, 0.4) is 0 Å². The van der Waals surface area contributed by atoms with E-state index in [9.17, 15) is 0 Å². The Balaban J connectivity index is 2.21. The van der Waals surface area contributed by atoms with Gasteiger partial charge in [0, 0.05) is 6.07 Å². The highest BCUT2D eigenvalue weighted by Gasteiger charge is 2.24. The van der Waals surface area contributed by atoms with E-state index in [-0.39, 0.29) is 0 Å². The molecule has 64 valence electrons. The second-order valence-electron chi connectivity index (χ2n) is 3.17. The minimum atomic E-state index is 0.410. The Morgan fingerprint density at radius 2 is 2.33 bits per heavy atom. The summed E-state index contributed by atoms with van der Waals surface area (Å²) in [5, 5.41) is 0. The maximum Gasteiger partial charge on any atom is 0.142 e. The van der Waals surface area contributed by atoms with Crippen LogP contribution in [0.5, 0.6) is 5.75 Å². The standard InChI is InChI=1S/C9H12N2O/c1-6-9(12-8-2-3-8)4-7(10)5-11-6/h4-5,8H,2-3,10H2,1H3. The molecular formula is C9H12N2O. The van der Waals surface area contributed by atoms with Crippen LogP contribution < -0.4 is 10.5 Å². The van der Waals surface area contributed by atoms with E-state index in [0.717, 1.165) is 24.3 Å². The summed E-state index contributed by atoms with van der Waals surface area (Å²) in [6.45, 7) is 1.93. The Kier molecular flexibility index (Phi) is 1.64. The van der Waals surface area contributed by atoms with Crippen LogP contribution in [-0.2, 0) is 0 Å². The fourth-order valence-corrected chi connectivity index (χ4v) is 1.01. The summed E-state index contributed by atoms with van der Waals surface area (Å²) < 4.78 is 5.59. The summed E-state index contributed by atoms with van der Waals surface area (Å²) >= 11 is 0. The summed E-state index contributed by atoms with van der Waals surface area (Å²) in [4.78, 5) is 4.11. The van der Waals surface area contributed by atoms with E-state index in [0.29, 0.717) is 11.8 Å². The second kappa shape index (κ2) is 2.66. The molecule has 2 rings (SSSR count).